The minimum atomic E-state index is -0.224. The monoisotopic (exact) mass is 336 g/mol. The smallest absolute Gasteiger partial charge is 0.317 e. The first-order valence-corrected chi connectivity index (χ1v) is 8.76. The Balaban J connectivity index is 1.32. The molecular weight excluding hydrogens is 315 g/mol. The zero-order valence-electron chi connectivity index (χ0n) is 14.0. The largest absolute Gasteiger partial charge is 0.335 e. The van der Waals surface area contributed by atoms with Crippen molar-refractivity contribution in [2.75, 3.05) is 13.1 Å². The van der Waals surface area contributed by atoms with E-state index in [1.165, 1.54) is 23.3 Å². The molecule has 2 amide bonds. The van der Waals surface area contributed by atoms with Gasteiger partial charge in [0.15, 0.2) is 0 Å². The Morgan fingerprint density at radius 1 is 1.08 bits per heavy atom. The van der Waals surface area contributed by atoms with E-state index in [-0.39, 0.29) is 17.9 Å². The van der Waals surface area contributed by atoms with Crippen molar-refractivity contribution in [1.82, 2.24) is 10.2 Å². The predicted molar refractivity (Wildman–Crippen MR) is 96.7 cm³/mol. The van der Waals surface area contributed by atoms with Crippen molar-refractivity contribution in [2.24, 2.45) is 0 Å². The number of rotatable bonds is 3. The van der Waals surface area contributed by atoms with Gasteiger partial charge in [-0.3, -0.25) is 0 Å². The molecule has 2 unspecified atom stereocenters. The van der Waals surface area contributed by atoms with Crippen molar-refractivity contribution in [3.8, 4) is 0 Å². The maximum absolute atomic E-state index is 13.0. The van der Waals surface area contributed by atoms with Gasteiger partial charge in [0, 0.05) is 25.0 Å². The zero-order valence-corrected chi connectivity index (χ0v) is 14.0. The quantitative estimate of drug-likeness (QED) is 0.896. The van der Waals surface area contributed by atoms with Crippen molar-refractivity contribution in [3.05, 3.63) is 77.6 Å². The van der Waals surface area contributed by atoms with Crippen molar-refractivity contribution in [3.63, 3.8) is 0 Å². The molecule has 0 spiro atoms. The first kappa shape index (κ1) is 15.9. The molecule has 2 aromatic carbocycles. The standard InChI is InChI=1S/C21H21FN2O/c22-18-8-6-15(7-9-18)16-10-12-24(13-11-16)21(25)23-20-14-19(20)17-4-2-1-3-5-17/h1-10,19-20H,11-14H2,(H,23,25). The van der Waals surface area contributed by atoms with E-state index in [0.717, 1.165) is 18.4 Å². The second kappa shape index (κ2) is 6.71. The van der Waals surface area contributed by atoms with Gasteiger partial charge in [0.1, 0.15) is 5.82 Å². The summed E-state index contributed by atoms with van der Waals surface area (Å²) in [5.41, 5.74) is 3.51. The van der Waals surface area contributed by atoms with Crippen LogP contribution in [0, 0.1) is 5.82 Å². The molecule has 1 aliphatic heterocycles. The van der Waals surface area contributed by atoms with E-state index in [1.54, 1.807) is 12.1 Å². The van der Waals surface area contributed by atoms with Crippen molar-refractivity contribution in [1.29, 1.82) is 0 Å². The third-order valence-corrected chi connectivity index (χ3v) is 5.04. The van der Waals surface area contributed by atoms with Gasteiger partial charge in [-0.25, -0.2) is 9.18 Å². The van der Waals surface area contributed by atoms with Gasteiger partial charge >= 0.3 is 6.03 Å². The van der Waals surface area contributed by atoms with E-state index in [4.69, 9.17) is 0 Å². The summed E-state index contributed by atoms with van der Waals surface area (Å²) in [6.07, 6.45) is 3.88. The van der Waals surface area contributed by atoms with Crippen LogP contribution < -0.4 is 5.32 Å². The Labute approximate surface area is 147 Å². The number of urea groups is 1. The molecule has 4 rings (SSSR count). The van der Waals surface area contributed by atoms with Gasteiger partial charge in [-0.2, -0.15) is 0 Å². The van der Waals surface area contributed by atoms with Crippen LogP contribution >= 0.6 is 0 Å². The lowest BCUT2D eigenvalue weighted by Crippen LogP contribution is -2.43. The molecule has 0 radical (unpaired) electrons. The Morgan fingerprint density at radius 3 is 2.52 bits per heavy atom. The van der Waals surface area contributed by atoms with Crippen molar-refractivity contribution < 1.29 is 9.18 Å². The van der Waals surface area contributed by atoms with Crippen LogP contribution in [0.2, 0.25) is 0 Å². The second-order valence-corrected chi connectivity index (χ2v) is 6.74. The SMILES string of the molecule is O=C(NC1CC1c1ccccc1)N1CC=C(c2ccc(F)cc2)CC1. The number of carbonyl (C=O) groups excluding carboxylic acids is 1. The zero-order chi connectivity index (χ0) is 17.2. The van der Waals surface area contributed by atoms with Gasteiger partial charge in [-0.05, 0) is 41.7 Å². The highest BCUT2D eigenvalue weighted by atomic mass is 19.1. The lowest BCUT2D eigenvalue weighted by atomic mass is 10.00. The molecule has 2 atom stereocenters. The van der Waals surface area contributed by atoms with Gasteiger partial charge in [0.25, 0.3) is 0 Å². The van der Waals surface area contributed by atoms with Gasteiger partial charge in [0.05, 0.1) is 0 Å². The topological polar surface area (TPSA) is 32.3 Å². The Hall–Kier alpha value is -2.62. The van der Waals surface area contributed by atoms with Crippen LogP contribution in [0.4, 0.5) is 9.18 Å². The van der Waals surface area contributed by atoms with Crippen LogP contribution in [0.5, 0.6) is 0 Å². The molecule has 1 saturated carbocycles. The number of carbonyl (C=O) groups is 1. The molecule has 2 aliphatic rings. The van der Waals surface area contributed by atoms with Crippen LogP contribution in [0.15, 0.2) is 60.7 Å². The van der Waals surface area contributed by atoms with Crippen LogP contribution in [-0.2, 0) is 0 Å². The molecular formula is C21H21FN2O. The Kier molecular flexibility index (Phi) is 4.26. The summed E-state index contributed by atoms with van der Waals surface area (Å²) >= 11 is 0. The fourth-order valence-electron chi connectivity index (χ4n) is 3.45. The fraction of sp³-hybridized carbons (Fsp3) is 0.286. The van der Waals surface area contributed by atoms with E-state index < -0.39 is 0 Å². The lowest BCUT2D eigenvalue weighted by Gasteiger charge is -2.27. The highest BCUT2D eigenvalue weighted by molar-refractivity contribution is 5.77. The van der Waals surface area contributed by atoms with Crippen molar-refractivity contribution in [2.45, 2.75) is 24.8 Å². The average molecular weight is 336 g/mol. The minimum Gasteiger partial charge on any atom is -0.335 e. The number of hydrogen-bond donors (Lipinski definition) is 1. The molecule has 0 aromatic heterocycles. The normalized spacial score (nSPS) is 22.3. The van der Waals surface area contributed by atoms with E-state index >= 15 is 0 Å². The van der Waals surface area contributed by atoms with Crippen LogP contribution in [-0.4, -0.2) is 30.1 Å². The highest BCUT2D eigenvalue weighted by Gasteiger charge is 2.40. The summed E-state index contributed by atoms with van der Waals surface area (Å²) in [5.74, 6) is 0.221. The van der Waals surface area contributed by atoms with Crippen molar-refractivity contribution >= 4 is 11.6 Å². The van der Waals surface area contributed by atoms with Crippen LogP contribution in [0.25, 0.3) is 5.57 Å². The molecule has 0 bridgehead atoms. The number of amides is 2. The molecule has 0 saturated heterocycles. The average Bonchev–Trinajstić information content (AvgIpc) is 3.42. The first-order valence-electron chi connectivity index (χ1n) is 8.76. The fourth-order valence-corrected chi connectivity index (χ4v) is 3.45. The number of nitrogens with one attached hydrogen (secondary N) is 1. The Bertz CT molecular complexity index is 785. The predicted octanol–water partition coefficient (Wildman–Crippen LogP) is 4.18. The first-order chi connectivity index (χ1) is 12.2. The highest BCUT2D eigenvalue weighted by Crippen LogP contribution is 2.40. The molecule has 4 heteroatoms. The lowest BCUT2D eigenvalue weighted by molar-refractivity contribution is 0.202. The summed E-state index contributed by atoms with van der Waals surface area (Å²) in [6.45, 7) is 1.29. The number of hydrogen-bond acceptors (Lipinski definition) is 1. The number of benzene rings is 2. The van der Waals surface area contributed by atoms with Crippen LogP contribution in [0.1, 0.15) is 29.9 Å². The summed E-state index contributed by atoms with van der Waals surface area (Å²) in [6, 6.07) is 17.1. The molecule has 1 fully saturated rings. The van der Waals surface area contributed by atoms with Gasteiger partial charge in [-0.1, -0.05) is 48.5 Å². The summed E-state index contributed by atoms with van der Waals surface area (Å²) in [7, 11) is 0. The van der Waals surface area contributed by atoms with E-state index in [0.29, 0.717) is 19.0 Å². The molecule has 2 aromatic rings. The third kappa shape index (κ3) is 3.58. The molecule has 128 valence electrons. The van der Waals surface area contributed by atoms with E-state index in [1.807, 2.05) is 23.1 Å². The maximum atomic E-state index is 13.0. The molecule has 1 aliphatic carbocycles. The summed E-state index contributed by atoms with van der Waals surface area (Å²) < 4.78 is 13.0. The molecule has 1 N–H and O–H groups in total. The van der Waals surface area contributed by atoms with E-state index in [9.17, 15) is 9.18 Å². The van der Waals surface area contributed by atoms with Gasteiger partial charge < -0.3 is 10.2 Å². The third-order valence-electron chi connectivity index (χ3n) is 5.04. The van der Waals surface area contributed by atoms with Crippen LogP contribution in [0.3, 0.4) is 0 Å². The van der Waals surface area contributed by atoms with E-state index in [2.05, 4.69) is 23.5 Å². The molecule has 25 heavy (non-hydrogen) atoms. The second-order valence-electron chi connectivity index (χ2n) is 6.74. The molecule has 1 heterocycles. The van der Waals surface area contributed by atoms with Gasteiger partial charge in [-0.15, -0.1) is 0 Å². The summed E-state index contributed by atoms with van der Waals surface area (Å²) in [4.78, 5) is 14.3. The minimum absolute atomic E-state index is 0.0119. The Morgan fingerprint density at radius 2 is 1.84 bits per heavy atom. The molecule has 3 nitrogen and oxygen atoms in total. The number of halogens is 1. The maximum Gasteiger partial charge on any atom is 0.317 e. The van der Waals surface area contributed by atoms with Gasteiger partial charge in [0.2, 0.25) is 0 Å². The summed E-state index contributed by atoms with van der Waals surface area (Å²) in [5, 5.41) is 3.14. The number of nitrogens with zero attached hydrogens (tertiary/aromatic N) is 1.